The van der Waals surface area contributed by atoms with Gasteiger partial charge in [0.1, 0.15) is 0 Å². The highest BCUT2D eigenvalue weighted by atomic mass is 15.1. The predicted molar refractivity (Wildman–Crippen MR) is 222 cm³/mol. The molecule has 0 N–H and O–H groups in total. The molecular formula is C49H40N4. The van der Waals surface area contributed by atoms with Crippen molar-refractivity contribution in [3.8, 4) is 23.1 Å². The summed E-state index contributed by atoms with van der Waals surface area (Å²) in [5.74, 6) is 0.441. The quantitative estimate of drug-likeness (QED) is 0.183. The molecule has 0 aliphatic heterocycles. The van der Waals surface area contributed by atoms with Crippen molar-refractivity contribution in [3.63, 3.8) is 0 Å². The van der Waals surface area contributed by atoms with E-state index in [2.05, 4.69) is 177 Å². The Hall–Kier alpha value is -6.31. The highest BCUT2D eigenvalue weighted by molar-refractivity contribution is 6.12. The van der Waals surface area contributed by atoms with Crippen LogP contribution in [0, 0.1) is 51.9 Å². The molecule has 1 aliphatic rings. The number of aryl methyl sites for hydroxylation is 5. The lowest BCUT2D eigenvalue weighted by atomic mass is 9.93. The van der Waals surface area contributed by atoms with Crippen LogP contribution in [0.1, 0.15) is 51.6 Å². The maximum absolute atomic E-state index is 10.8. The molecule has 1 atom stereocenters. The van der Waals surface area contributed by atoms with Crippen LogP contribution >= 0.6 is 0 Å². The fourth-order valence-electron chi connectivity index (χ4n) is 9.03. The highest BCUT2D eigenvalue weighted by Gasteiger charge is 2.28. The SMILES string of the molecule is Cc1ccc2c(c1)c1c(n2-c2cc(C#N)cc(-n3c4ccc(C)cc4c4cc(C)ccc43)c2-n2c3ccc(C)cc3c3cc(C)ccc32)C=CC(C)C1. The second-order valence-electron chi connectivity index (χ2n) is 15.5. The Morgan fingerprint density at radius 1 is 0.509 bits per heavy atom. The fourth-order valence-corrected chi connectivity index (χ4v) is 9.03. The van der Waals surface area contributed by atoms with Gasteiger partial charge in [-0.25, -0.2) is 0 Å². The van der Waals surface area contributed by atoms with Gasteiger partial charge in [0.25, 0.3) is 0 Å². The molecule has 9 aromatic rings. The van der Waals surface area contributed by atoms with Crippen molar-refractivity contribution < 1.29 is 0 Å². The van der Waals surface area contributed by atoms with Crippen LogP contribution in [-0.2, 0) is 6.42 Å². The molecule has 4 heteroatoms. The van der Waals surface area contributed by atoms with E-state index < -0.39 is 0 Å². The van der Waals surface area contributed by atoms with Crippen molar-refractivity contribution in [2.45, 2.75) is 48.0 Å². The second-order valence-corrected chi connectivity index (χ2v) is 15.5. The molecule has 0 spiro atoms. The van der Waals surface area contributed by atoms with Gasteiger partial charge < -0.3 is 13.7 Å². The smallest absolute Gasteiger partial charge is 0.0993 e. The van der Waals surface area contributed by atoms with E-state index in [1.165, 1.54) is 66.0 Å². The summed E-state index contributed by atoms with van der Waals surface area (Å²) in [4.78, 5) is 0. The van der Waals surface area contributed by atoms with Crippen LogP contribution in [0.15, 0.2) is 109 Å². The average Bonchev–Trinajstić information content (AvgIpc) is 3.75. The summed E-state index contributed by atoms with van der Waals surface area (Å²) in [6.07, 6.45) is 5.62. The van der Waals surface area contributed by atoms with E-state index in [1.807, 2.05) is 0 Å². The normalized spacial score (nSPS) is 14.2. The monoisotopic (exact) mass is 684 g/mol. The van der Waals surface area contributed by atoms with Crippen LogP contribution in [-0.4, -0.2) is 13.7 Å². The molecule has 0 fully saturated rings. The first-order valence-corrected chi connectivity index (χ1v) is 18.6. The van der Waals surface area contributed by atoms with Crippen molar-refractivity contribution in [1.29, 1.82) is 5.26 Å². The molecule has 0 amide bonds. The molecule has 256 valence electrons. The summed E-state index contributed by atoms with van der Waals surface area (Å²) in [5, 5.41) is 17.0. The summed E-state index contributed by atoms with van der Waals surface area (Å²) in [6, 6.07) is 40.8. The maximum Gasteiger partial charge on any atom is 0.0993 e. The molecule has 1 aliphatic carbocycles. The van der Waals surface area contributed by atoms with Crippen molar-refractivity contribution in [1.82, 2.24) is 13.7 Å². The molecular weight excluding hydrogens is 645 g/mol. The average molecular weight is 685 g/mol. The van der Waals surface area contributed by atoms with Crippen molar-refractivity contribution >= 4 is 60.6 Å². The lowest BCUT2D eigenvalue weighted by Gasteiger charge is -2.23. The molecule has 10 rings (SSSR count). The second kappa shape index (κ2) is 11.3. The molecule has 1 unspecified atom stereocenters. The lowest BCUT2D eigenvalue weighted by molar-refractivity contribution is 0.717. The molecule has 0 bridgehead atoms. The van der Waals surface area contributed by atoms with Crippen LogP contribution in [0.5, 0.6) is 0 Å². The number of rotatable bonds is 3. The number of aromatic nitrogens is 3. The Bertz CT molecular complexity index is 3000. The largest absolute Gasteiger partial charge is 0.307 e. The number of nitrogens with zero attached hydrogens (tertiary/aromatic N) is 4. The lowest BCUT2D eigenvalue weighted by Crippen LogP contribution is -2.12. The van der Waals surface area contributed by atoms with Crippen molar-refractivity contribution in [3.05, 3.63) is 154 Å². The minimum absolute atomic E-state index is 0.441. The third kappa shape index (κ3) is 4.60. The van der Waals surface area contributed by atoms with Gasteiger partial charge in [-0.05, 0) is 131 Å². The van der Waals surface area contributed by atoms with Gasteiger partial charge in [-0.15, -0.1) is 0 Å². The molecule has 0 radical (unpaired) electrons. The number of nitriles is 1. The number of benzene rings is 6. The number of hydrogen-bond donors (Lipinski definition) is 0. The Morgan fingerprint density at radius 2 is 0.906 bits per heavy atom. The highest BCUT2D eigenvalue weighted by Crippen LogP contribution is 2.44. The minimum Gasteiger partial charge on any atom is -0.307 e. The zero-order valence-corrected chi connectivity index (χ0v) is 31.0. The number of fused-ring (bicyclic) bond motifs is 9. The van der Waals surface area contributed by atoms with Crippen LogP contribution in [0.3, 0.4) is 0 Å². The van der Waals surface area contributed by atoms with Gasteiger partial charge in [0.05, 0.1) is 56.3 Å². The van der Waals surface area contributed by atoms with Gasteiger partial charge in [0.2, 0.25) is 0 Å². The van der Waals surface area contributed by atoms with Crippen LogP contribution in [0.2, 0.25) is 0 Å². The van der Waals surface area contributed by atoms with E-state index in [0.29, 0.717) is 11.5 Å². The molecule has 0 saturated heterocycles. The first-order chi connectivity index (χ1) is 25.7. The Balaban J connectivity index is 1.47. The standard InChI is InChI=1S/C49H40N4/c1-28-7-13-41-35(19-28)36-20-29(2)8-14-42(36)51(41)47-25-34(27-50)26-48(52-43-15-9-30(3)21-37(43)38-22-31(4)10-16-44(38)52)49(47)53-45-17-11-32(5)23-39(45)40-24-33(6)12-18-46(40)53/h7-21,23-26,31H,22H2,1-6H3. The van der Waals surface area contributed by atoms with Gasteiger partial charge in [-0.2, -0.15) is 5.26 Å². The minimum atomic E-state index is 0.441. The van der Waals surface area contributed by atoms with Crippen molar-refractivity contribution in [2.24, 2.45) is 5.92 Å². The molecule has 3 aromatic heterocycles. The predicted octanol–water partition coefficient (Wildman–Crippen LogP) is 12.4. The third-order valence-electron chi connectivity index (χ3n) is 11.4. The molecule has 6 aromatic carbocycles. The van der Waals surface area contributed by atoms with E-state index in [1.54, 1.807) is 0 Å². The van der Waals surface area contributed by atoms with Crippen LogP contribution in [0.25, 0.3) is 77.7 Å². The summed E-state index contributed by atoms with van der Waals surface area (Å²) >= 11 is 0. The zero-order valence-electron chi connectivity index (χ0n) is 31.0. The van der Waals surface area contributed by atoms with E-state index >= 15 is 0 Å². The summed E-state index contributed by atoms with van der Waals surface area (Å²) in [7, 11) is 0. The van der Waals surface area contributed by atoms with E-state index in [4.69, 9.17) is 0 Å². The molecule has 53 heavy (non-hydrogen) atoms. The van der Waals surface area contributed by atoms with Gasteiger partial charge in [-0.3, -0.25) is 0 Å². The van der Waals surface area contributed by atoms with Gasteiger partial charge in [0, 0.05) is 32.6 Å². The van der Waals surface area contributed by atoms with Crippen LogP contribution < -0.4 is 0 Å². The van der Waals surface area contributed by atoms with Gasteiger partial charge in [-0.1, -0.05) is 71.1 Å². The number of hydrogen-bond acceptors (Lipinski definition) is 1. The number of allylic oxidation sites excluding steroid dienone is 1. The Morgan fingerprint density at radius 3 is 1.36 bits per heavy atom. The van der Waals surface area contributed by atoms with Gasteiger partial charge in [0.15, 0.2) is 0 Å². The summed E-state index contributed by atoms with van der Waals surface area (Å²) in [6.45, 7) is 13.2. The summed E-state index contributed by atoms with van der Waals surface area (Å²) in [5.41, 5.74) is 18.0. The van der Waals surface area contributed by atoms with E-state index in [9.17, 15) is 5.26 Å². The first kappa shape index (κ1) is 31.4. The Labute approximate surface area is 309 Å². The third-order valence-corrected chi connectivity index (χ3v) is 11.4. The van der Waals surface area contributed by atoms with Crippen molar-refractivity contribution in [2.75, 3.05) is 0 Å². The molecule has 3 heterocycles. The maximum atomic E-state index is 10.8. The van der Waals surface area contributed by atoms with Gasteiger partial charge >= 0.3 is 0 Å². The Kier molecular flexibility index (Phi) is 6.73. The fraction of sp³-hybridized carbons (Fsp3) is 0.163. The topological polar surface area (TPSA) is 38.6 Å². The van der Waals surface area contributed by atoms with E-state index in [0.717, 1.165) is 51.1 Å². The zero-order chi connectivity index (χ0) is 36.3. The van der Waals surface area contributed by atoms with Crippen LogP contribution in [0.4, 0.5) is 0 Å². The van der Waals surface area contributed by atoms with E-state index in [-0.39, 0.29) is 0 Å². The first-order valence-electron chi connectivity index (χ1n) is 18.6. The summed E-state index contributed by atoms with van der Waals surface area (Å²) < 4.78 is 7.31. The molecule has 0 saturated carbocycles. The molecule has 4 nitrogen and oxygen atoms in total.